The van der Waals surface area contributed by atoms with E-state index in [2.05, 4.69) is 20.8 Å². The Hall–Kier alpha value is -0.0800. The molecule has 0 aliphatic heterocycles. The van der Waals surface area contributed by atoms with Gasteiger partial charge in [0.1, 0.15) is 0 Å². The molecular weight excluding hydrogens is 196 g/mol. The number of rotatable bonds is 3. The first-order valence-corrected chi connectivity index (χ1v) is 6.81. The van der Waals surface area contributed by atoms with Gasteiger partial charge in [0, 0.05) is 6.04 Å². The molecule has 0 aromatic heterocycles. The summed E-state index contributed by atoms with van der Waals surface area (Å²) < 4.78 is 0. The van der Waals surface area contributed by atoms with Crippen LogP contribution in [0, 0.1) is 22.7 Å². The van der Waals surface area contributed by atoms with Crippen LogP contribution in [0.2, 0.25) is 0 Å². The third kappa shape index (κ3) is 2.60. The maximum atomic E-state index is 6.24. The standard InChI is InChI=1S/C14H28N2/c1-10-4-11(10)5-13(2)6-12(16)7-14(3,8-13)9-15/h10-12H,4-9,15-16H2,1-3H3/t10?,11-,12?,13?,14?/m1/s1. The predicted octanol–water partition coefficient (Wildman–Crippen LogP) is 2.52. The normalized spacial score (nSPS) is 52.7. The van der Waals surface area contributed by atoms with Gasteiger partial charge in [-0.1, -0.05) is 20.8 Å². The molecule has 0 amide bonds. The Bertz CT molecular complexity index is 265. The van der Waals surface area contributed by atoms with Gasteiger partial charge in [0.25, 0.3) is 0 Å². The van der Waals surface area contributed by atoms with Crippen molar-refractivity contribution in [3.8, 4) is 0 Å². The van der Waals surface area contributed by atoms with Crippen molar-refractivity contribution in [3.05, 3.63) is 0 Å². The van der Waals surface area contributed by atoms with E-state index in [9.17, 15) is 0 Å². The van der Waals surface area contributed by atoms with E-state index >= 15 is 0 Å². The summed E-state index contributed by atoms with van der Waals surface area (Å²) in [5, 5.41) is 0. The van der Waals surface area contributed by atoms with Crippen molar-refractivity contribution in [2.75, 3.05) is 6.54 Å². The van der Waals surface area contributed by atoms with Crippen molar-refractivity contribution in [1.29, 1.82) is 0 Å². The summed E-state index contributed by atoms with van der Waals surface area (Å²) in [7, 11) is 0. The lowest BCUT2D eigenvalue weighted by molar-refractivity contribution is 0.0630. The fourth-order valence-electron chi connectivity index (χ4n) is 4.14. The molecule has 4 N–H and O–H groups in total. The molecule has 2 heteroatoms. The van der Waals surface area contributed by atoms with Gasteiger partial charge >= 0.3 is 0 Å². The van der Waals surface area contributed by atoms with Crippen LogP contribution in [0.25, 0.3) is 0 Å². The quantitative estimate of drug-likeness (QED) is 0.774. The molecule has 2 fully saturated rings. The van der Waals surface area contributed by atoms with Crippen LogP contribution >= 0.6 is 0 Å². The Morgan fingerprint density at radius 3 is 2.25 bits per heavy atom. The Morgan fingerprint density at radius 2 is 1.75 bits per heavy atom. The monoisotopic (exact) mass is 224 g/mol. The molecule has 5 atom stereocenters. The van der Waals surface area contributed by atoms with Gasteiger partial charge in [0.05, 0.1) is 0 Å². The lowest BCUT2D eigenvalue weighted by atomic mass is 9.60. The van der Waals surface area contributed by atoms with Gasteiger partial charge in [0.15, 0.2) is 0 Å². The zero-order valence-corrected chi connectivity index (χ0v) is 11.1. The summed E-state index contributed by atoms with van der Waals surface area (Å²) in [6.07, 6.45) is 6.39. The van der Waals surface area contributed by atoms with E-state index in [-0.39, 0.29) is 5.41 Å². The first-order chi connectivity index (χ1) is 7.36. The minimum atomic E-state index is 0.282. The van der Waals surface area contributed by atoms with Crippen LogP contribution in [0.5, 0.6) is 0 Å². The second kappa shape index (κ2) is 3.99. The van der Waals surface area contributed by atoms with E-state index in [0.29, 0.717) is 11.5 Å². The average molecular weight is 224 g/mol. The zero-order chi connectivity index (χ0) is 12.0. The molecule has 0 spiro atoms. The maximum absolute atomic E-state index is 6.24. The highest BCUT2D eigenvalue weighted by molar-refractivity contribution is 4.98. The molecule has 2 rings (SSSR count). The second-order valence-electron chi connectivity index (χ2n) is 7.35. The van der Waals surface area contributed by atoms with E-state index in [0.717, 1.165) is 24.8 Å². The minimum absolute atomic E-state index is 0.282. The van der Waals surface area contributed by atoms with Crippen molar-refractivity contribution >= 4 is 0 Å². The summed E-state index contributed by atoms with van der Waals surface area (Å²) >= 11 is 0. The summed E-state index contributed by atoms with van der Waals surface area (Å²) in [5.74, 6) is 1.93. The van der Waals surface area contributed by atoms with Gasteiger partial charge in [-0.3, -0.25) is 0 Å². The average Bonchev–Trinajstić information content (AvgIpc) is 2.78. The molecule has 0 saturated heterocycles. The second-order valence-corrected chi connectivity index (χ2v) is 7.35. The summed E-state index contributed by atoms with van der Waals surface area (Å²) in [4.78, 5) is 0. The topological polar surface area (TPSA) is 52.0 Å². The predicted molar refractivity (Wildman–Crippen MR) is 69.0 cm³/mol. The van der Waals surface area contributed by atoms with Crippen molar-refractivity contribution in [1.82, 2.24) is 0 Å². The first kappa shape index (κ1) is 12.4. The van der Waals surface area contributed by atoms with Crippen LogP contribution in [0.1, 0.15) is 52.9 Å². The molecule has 0 aromatic rings. The number of hydrogen-bond donors (Lipinski definition) is 2. The molecule has 0 aromatic carbocycles. The lowest BCUT2D eigenvalue weighted by Gasteiger charge is -2.47. The molecule has 2 saturated carbocycles. The molecule has 0 bridgehead atoms. The number of nitrogens with two attached hydrogens (primary N) is 2. The highest BCUT2D eigenvalue weighted by Gasteiger charge is 2.46. The maximum Gasteiger partial charge on any atom is 0.00496 e. The van der Waals surface area contributed by atoms with Gasteiger partial charge in [-0.05, 0) is 61.3 Å². The summed E-state index contributed by atoms with van der Waals surface area (Å²) in [5.41, 5.74) is 12.9. The summed E-state index contributed by atoms with van der Waals surface area (Å²) in [6.45, 7) is 7.92. The van der Waals surface area contributed by atoms with Crippen LogP contribution in [-0.2, 0) is 0 Å². The molecule has 2 aliphatic carbocycles. The van der Waals surface area contributed by atoms with E-state index in [1.54, 1.807) is 0 Å². The van der Waals surface area contributed by atoms with Crippen molar-refractivity contribution in [2.45, 2.75) is 58.9 Å². The van der Waals surface area contributed by atoms with Crippen molar-refractivity contribution < 1.29 is 0 Å². The third-order valence-electron chi connectivity index (χ3n) is 4.89. The Morgan fingerprint density at radius 1 is 1.19 bits per heavy atom. The Balaban J connectivity index is 2.02. The fourth-order valence-corrected chi connectivity index (χ4v) is 4.14. The van der Waals surface area contributed by atoms with E-state index in [4.69, 9.17) is 11.5 Å². The van der Waals surface area contributed by atoms with Crippen LogP contribution in [0.3, 0.4) is 0 Å². The van der Waals surface area contributed by atoms with Crippen LogP contribution in [-0.4, -0.2) is 12.6 Å². The molecular formula is C14H28N2. The highest BCUT2D eigenvalue weighted by Crippen LogP contribution is 2.53. The lowest BCUT2D eigenvalue weighted by Crippen LogP contribution is -2.46. The minimum Gasteiger partial charge on any atom is -0.330 e. The molecule has 0 heterocycles. The zero-order valence-electron chi connectivity index (χ0n) is 11.1. The SMILES string of the molecule is CC1C[C@@H]1CC1(C)CC(N)CC(C)(CN)C1. The highest BCUT2D eigenvalue weighted by atomic mass is 14.7. The molecule has 4 unspecified atom stereocenters. The first-order valence-electron chi connectivity index (χ1n) is 6.81. The van der Waals surface area contributed by atoms with E-state index in [1.165, 1.54) is 25.7 Å². The van der Waals surface area contributed by atoms with Gasteiger partial charge in [0.2, 0.25) is 0 Å². The van der Waals surface area contributed by atoms with Crippen LogP contribution in [0.4, 0.5) is 0 Å². The Labute approximate surface area is 100 Å². The molecule has 2 aliphatic rings. The smallest absolute Gasteiger partial charge is 0.00496 e. The van der Waals surface area contributed by atoms with E-state index in [1.807, 2.05) is 0 Å². The third-order valence-corrected chi connectivity index (χ3v) is 4.89. The van der Waals surface area contributed by atoms with Gasteiger partial charge in [-0.2, -0.15) is 0 Å². The molecule has 94 valence electrons. The molecule has 0 radical (unpaired) electrons. The van der Waals surface area contributed by atoms with Crippen molar-refractivity contribution in [2.24, 2.45) is 34.1 Å². The van der Waals surface area contributed by atoms with E-state index < -0.39 is 0 Å². The molecule has 16 heavy (non-hydrogen) atoms. The van der Waals surface area contributed by atoms with Crippen LogP contribution in [0.15, 0.2) is 0 Å². The number of hydrogen-bond acceptors (Lipinski definition) is 2. The van der Waals surface area contributed by atoms with Crippen LogP contribution < -0.4 is 11.5 Å². The van der Waals surface area contributed by atoms with Crippen molar-refractivity contribution in [3.63, 3.8) is 0 Å². The largest absolute Gasteiger partial charge is 0.330 e. The van der Waals surface area contributed by atoms with Gasteiger partial charge < -0.3 is 11.5 Å². The molecule has 2 nitrogen and oxygen atoms in total. The fraction of sp³-hybridized carbons (Fsp3) is 1.00. The van der Waals surface area contributed by atoms with Gasteiger partial charge in [-0.15, -0.1) is 0 Å². The van der Waals surface area contributed by atoms with Gasteiger partial charge in [-0.25, -0.2) is 0 Å². The Kier molecular flexibility index (Phi) is 3.09. The summed E-state index contributed by atoms with van der Waals surface area (Å²) in [6, 6.07) is 0.362.